The zero-order chi connectivity index (χ0) is 12.3. The van der Waals surface area contributed by atoms with E-state index in [2.05, 4.69) is 17.1 Å². The molecule has 3 heteroatoms. The first kappa shape index (κ1) is 14.9. The molecule has 0 bridgehead atoms. The Bertz CT molecular complexity index is 176. The fourth-order valence-corrected chi connectivity index (χ4v) is 2.60. The number of nitrogens with zero attached hydrogens (tertiary/aromatic N) is 1. The van der Waals surface area contributed by atoms with Gasteiger partial charge < -0.3 is 15.0 Å². The van der Waals surface area contributed by atoms with Crippen LogP contribution in [0.5, 0.6) is 0 Å². The third-order valence-electron chi connectivity index (χ3n) is 3.60. The number of hydrogen-bond acceptors (Lipinski definition) is 3. The first-order valence-electron chi connectivity index (χ1n) is 7.28. The minimum atomic E-state index is 0.786. The maximum absolute atomic E-state index is 5.22. The van der Waals surface area contributed by atoms with Crippen molar-refractivity contribution in [2.24, 2.45) is 5.92 Å². The number of ether oxygens (including phenoxy) is 1. The second-order valence-electron chi connectivity index (χ2n) is 5.18. The lowest BCUT2D eigenvalue weighted by molar-refractivity contribution is 0.153. The Balaban J connectivity index is 1.87. The van der Waals surface area contributed by atoms with E-state index in [1.807, 2.05) is 7.11 Å². The van der Waals surface area contributed by atoms with Crippen LogP contribution in [0.2, 0.25) is 0 Å². The van der Waals surface area contributed by atoms with Crippen LogP contribution in [0.3, 0.4) is 0 Å². The van der Waals surface area contributed by atoms with Gasteiger partial charge in [-0.3, -0.25) is 0 Å². The van der Waals surface area contributed by atoms with E-state index in [1.54, 1.807) is 0 Å². The predicted molar refractivity (Wildman–Crippen MR) is 73.4 cm³/mol. The Kier molecular flexibility index (Phi) is 8.67. The maximum Gasteiger partial charge on any atom is 0.0503 e. The van der Waals surface area contributed by atoms with E-state index in [-0.39, 0.29) is 0 Å². The summed E-state index contributed by atoms with van der Waals surface area (Å²) in [6, 6.07) is 0. The molecule has 1 heterocycles. The van der Waals surface area contributed by atoms with Crippen LogP contribution in [0.15, 0.2) is 0 Å². The van der Waals surface area contributed by atoms with Gasteiger partial charge in [0, 0.05) is 13.7 Å². The first-order valence-corrected chi connectivity index (χ1v) is 7.28. The van der Waals surface area contributed by atoms with Crippen LogP contribution in [0.4, 0.5) is 0 Å². The molecule has 1 fully saturated rings. The quantitative estimate of drug-likeness (QED) is 0.594. The third-order valence-corrected chi connectivity index (χ3v) is 3.60. The monoisotopic (exact) mass is 242 g/mol. The highest BCUT2D eigenvalue weighted by atomic mass is 16.5. The number of hydrogen-bond donors (Lipinski definition) is 1. The maximum atomic E-state index is 5.22. The van der Waals surface area contributed by atoms with Gasteiger partial charge >= 0.3 is 0 Å². The van der Waals surface area contributed by atoms with Crippen LogP contribution in [0, 0.1) is 5.92 Å². The third kappa shape index (κ3) is 7.02. The van der Waals surface area contributed by atoms with Crippen molar-refractivity contribution in [3.05, 3.63) is 0 Å². The molecule has 1 aliphatic heterocycles. The van der Waals surface area contributed by atoms with Gasteiger partial charge in [0.1, 0.15) is 0 Å². The molecule has 1 aliphatic rings. The van der Waals surface area contributed by atoms with E-state index in [0.29, 0.717) is 0 Å². The topological polar surface area (TPSA) is 24.5 Å². The highest BCUT2D eigenvalue weighted by molar-refractivity contribution is 4.74. The molecule has 0 saturated carbocycles. The molecule has 3 nitrogen and oxygen atoms in total. The average molecular weight is 242 g/mol. The van der Waals surface area contributed by atoms with Crippen molar-refractivity contribution in [2.75, 3.05) is 46.4 Å². The van der Waals surface area contributed by atoms with E-state index < -0.39 is 0 Å². The molecule has 0 aliphatic carbocycles. The highest BCUT2D eigenvalue weighted by Gasteiger charge is 2.21. The molecule has 1 N–H and O–H groups in total. The molecule has 1 rings (SSSR count). The normalized spacial score (nSPS) is 21.2. The second kappa shape index (κ2) is 9.86. The van der Waals surface area contributed by atoms with E-state index in [1.165, 1.54) is 58.3 Å². The van der Waals surface area contributed by atoms with Gasteiger partial charge in [0.25, 0.3) is 0 Å². The van der Waals surface area contributed by atoms with Crippen LogP contribution in [-0.4, -0.2) is 51.3 Å². The number of methoxy groups -OCH3 is 1. The van der Waals surface area contributed by atoms with Gasteiger partial charge in [-0.1, -0.05) is 19.8 Å². The largest absolute Gasteiger partial charge is 0.384 e. The molecule has 0 aromatic rings. The van der Waals surface area contributed by atoms with Crippen molar-refractivity contribution in [2.45, 2.75) is 39.0 Å². The predicted octanol–water partition coefficient (Wildman–Crippen LogP) is 2.12. The molecule has 1 saturated heterocycles. The van der Waals surface area contributed by atoms with Crippen molar-refractivity contribution in [3.8, 4) is 0 Å². The van der Waals surface area contributed by atoms with Gasteiger partial charge in [0.2, 0.25) is 0 Å². The fourth-order valence-electron chi connectivity index (χ4n) is 2.60. The minimum absolute atomic E-state index is 0.786. The van der Waals surface area contributed by atoms with Crippen molar-refractivity contribution >= 4 is 0 Å². The van der Waals surface area contributed by atoms with Gasteiger partial charge in [-0.05, 0) is 51.4 Å². The lowest BCUT2D eigenvalue weighted by Gasteiger charge is -2.15. The van der Waals surface area contributed by atoms with Crippen LogP contribution in [0.1, 0.15) is 39.0 Å². The molecule has 102 valence electrons. The number of rotatable bonds is 10. The molecule has 1 atom stereocenters. The molecular weight excluding hydrogens is 212 g/mol. The summed E-state index contributed by atoms with van der Waals surface area (Å²) in [5.41, 5.74) is 0. The number of likely N-dealkylation sites (tertiary alicyclic amines) is 1. The van der Waals surface area contributed by atoms with Gasteiger partial charge in [-0.2, -0.15) is 0 Å². The van der Waals surface area contributed by atoms with Crippen molar-refractivity contribution < 1.29 is 4.74 Å². The van der Waals surface area contributed by atoms with Gasteiger partial charge in [0.15, 0.2) is 0 Å². The summed E-state index contributed by atoms with van der Waals surface area (Å²) in [6.45, 7) is 9.24. The molecule has 0 aromatic heterocycles. The highest BCUT2D eigenvalue weighted by Crippen LogP contribution is 2.16. The van der Waals surface area contributed by atoms with Gasteiger partial charge in [0.05, 0.1) is 6.61 Å². The van der Waals surface area contributed by atoms with Crippen LogP contribution < -0.4 is 5.32 Å². The Hall–Kier alpha value is -0.120. The van der Waals surface area contributed by atoms with Crippen molar-refractivity contribution in [1.82, 2.24) is 10.2 Å². The fraction of sp³-hybridized carbons (Fsp3) is 1.00. The van der Waals surface area contributed by atoms with E-state index in [0.717, 1.165) is 19.1 Å². The first-order chi connectivity index (χ1) is 8.36. The number of nitrogens with one attached hydrogen (secondary N) is 1. The SMILES string of the molecule is CCNCCCCCCN1CCC(COC)C1. The molecule has 0 radical (unpaired) electrons. The summed E-state index contributed by atoms with van der Waals surface area (Å²) >= 11 is 0. The smallest absolute Gasteiger partial charge is 0.0503 e. The zero-order valence-electron chi connectivity index (χ0n) is 11.7. The summed E-state index contributed by atoms with van der Waals surface area (Å²) in [7, 11) is 1.81. The summed E-state index contributed by atoms with van der Waals surface area (Å²) in [4.78, 5) is 2.61. The molecule has 1 unspecified atom stereocenters. The van der Waals surface area contributed by atoms with Crippen LogP contribution in [0.25, 0.3) is 0 Å². The Morgan fingerprint density at radius 2 is 2.06 bits per heavy atom. The second-order valence-corrected chi connectivity index (χ2v) is 5.18. The number of unbranched alkanes of at least 4 members (excludes halogenated alkanes) is 3. The van der Waals surface area contributed by atoms with Gasteiger partial charge in [-0.15, -0.1) is 0 Å². The van der Waals surface area contributed by atoms with Crippen LogP contribution >= 0.6 is 0 Å². The molecule has 0 aromatic carbocycles. The average Bonchev–Trinajstić information content (AvgIpc) is 2.76. The van der Waals surface area contributed by atoms with Crippen molar-refractivity contribution in [1.29, 1.82) is 0 Å². The molecule has 0 amide bonds. The van der Waals surface area contributed by atoms with Crippen LogP contribution in [-0.2, 0) is 4.74 Å². The summed E-state index contributed by atoms with van der Waals surface area (Å²) < 4.78 is 5.22. The molecule has 17 heavy (non-hydrogen) atoms. The summed E-state index contributed by atoms with van der Waals surface area (Å²) in [5.74, 6) is 0.786. The molecule has 0 spiro atoms. The Morgan fingerprint density at radius 1 is 1.24 bits per heavy atom. The molecular formula is C14H30N2O. The van der Waals surface area contributed by atoms with Crippen molar-refractivity contribution in [3.63, 3.8) is 0 Å². The van der Waals surface area contributed by atoms with E-state index >= 15 is 0 Å². The lowest BCUT2D eigenvalue weighted by atomic mass is 10.1. The Labute approximate surface area is 107 Å². The summed E-state index contributed by atoms with van der Waals surface area (Å²) in [6.07, 6.45) is 6.79. The zero-order valence-corrected chi connectivity index (χ0v) is 11.7. The van der Waals surface area contributed by atoms with E-state index in [9.17, 15) is 0 Å². The minimum Gasteiger partial charge on any atom is -0.384 e. The van der Waals surface area contributed by atoms with Gasteiger partial charge in [-0.25, -0.2) is 0 Å². The Morgan fingerprint density at radius 3 is 2.82 bits per heavy atom. The summed E-state index contributed by atoms with van der Waals surface area (Å²) in [5, 5.41) is 3.38. The standard InChI is InChI=1S/C14H30N2O/c1-3-15-9-6-4-5-7-10-16-11-8-14(12-16)13-17-2/h14-15H,3-13H2,1-2H3. The lowest BCUT2D eigenvalue weighted by Crippen LogP contribution is -2.23. The van der Waals surface area contributed by atoms with E-state index in [4.69, 9.17) is 4.74 Å².